The fourth-order valence-corrected chi connectivity index (χ4v) is 4.06. The Balaban J connectivity index is 2.12. The molecule has 3 nitrogen and oxygen atoms in total. The van der Waals surface area contributed by atoms with Crippen LogP contribution >= 0.6 is 0 Å². The smallest absolute Gasteiger partial charge is 0.241 e. The van der Waals surface area contributed by atoms with Gasteiger partial charge in [-0.25, -0.2) is 0 Å². The van der Waals surface area contributed by atoms with Crippen molar-refractivity contribution in [3.05, 3.63) is 0 Å². The van der Waals surface area contributed by atoms with Crippen molar-refractivity contribution in [2.24, 2.45) is 17.3 Å². The molecule has 1 N–H and O–H groups in total. The number of hydrogen-bond donors (Lipinski definition) is 1. The number of nitrogens with one attached hydrogen (secondary N) is 1. The van der Waals surface area contributed by atoms with Crippen LogP contribution in [0.4, 0.5) is 0 Å². The molecule has 0 aromatic rings. The van der Waals surface area contributed by atoms with Gasteiger partial charge < -0.3 is 4.90 Å². The molecule has 0 bridgehead atoms. The quantitative estimate of drug-likeness (QED) is 0.837. The number of rotatable bonds is 5. The second kappa shape index (κ2) is 6.28. The highest BCUT2D eigenvalue weighted by molar-refractivity contribution is 5.84. The largest absolute Gasteiger partial charge is 0.323 e. The molecule has 3 heteroatoms. The van der Waals surface area contributed by atoms with E-state index in [0.717, 1.165) is 19.3 Å². The van der Waals surface area contributed by atoms with E-state index in [0.29, 0.717) is 29.2 Å². The van der Waals surface area contributed by atoms with Gasteiger partial charge in [-0.05, 0) is 49.4 Å². The molecule has 122 valence electrons. The van der Waals surface area contributed by atoms with Crippen LogP contribution < -0.4 is 5.32 Å². The second-order valence-corrected chi connectivity index (χ2v) is 8.80. The highest BCUT2D eigenvalue weighted by atomic mass is 16.2. The predicted molar refractivity (Wildman–Crippen MR) is 87.9 cm³/mol. The maximum Gasteiger partial charge on any atom is 0.241 e. The first-order valence-electron chi connectivity index (χ1n) is 8.78. The molecule has 2 aliphatic rings. The molecule has 2 rings (SSSR count). The Hall–Kier alpha value is -0.570. The number of amides is 1. The van der Waals surface area contributed by atoms with E-state index >= 15 is 0 Å². The SMILES string of the molecule is CC(C)CC1NC(CC(C)C)N(C2CCC(C)(C)C2)C1=O. The first-order valence-corrected chi connectivity index (χ1v) is 8.78. The standard InChI is InChI=1S/C18H34N2O/c1-12(2)9-15-17(21)20(16(19-15)10-13(3)4)14-7-8-18(5,6)11-14/h12-16,19H,7-11H2,1-6H3. The molecule has 1 heterocycles. The maximum atomic E-state index is 12.9. The number of carbonyl (C=O) groups is 1. The Labute approximate surface area is 130 Å². The lowest BCUT2D eigenvalue weighted by molar-refractivity contribution is -0.132. The van der Waals surface area contributed by atoms with Crippen molar-refractivity contribution in [2.45, 2.75) is 91.9 Å². The molecule has 0 radical (unpaired) electrons. The summed E-state index contributed by atoms with van der Waals surface area (Å²) in [7, 11) is 0. The van der Waals surface area contributed by atoms with Gasteiger partial charge in [-0.15, -0.1) is 0 Å². The van der Waals surface area contributed by atoms with Gasteiger partial charge in [0.05, 0.1) is 12.2 Å². The Morgan fingerprint density at radius 1 is 1.19 bits per heavy atom. The zero-order valence-electron chi connectivity index (χ0n) is 14.8. The molecule has 21 heavy (non-hydrogen) atoms. The summed E-state index contributed by atoms with van der Waals surface area (Å²) in [5.41, 5.74) is 0.392. The van der Waals surface area contributed by atoms with E-state index in [2.05, 4.69) is 51.8 Å². The lowest BCUT2D eigenvalue weighted by atomic mass is 9.91. The van der Waals surface area contributed by atoms with Crippen molar-refractivity contribution in [2.75, 3.05) is 0 Å². The van der Waals surface area contributed by atoms with Gasteiger partial charge in [0, 0.05) is 6.04 Å². The number of carbonyl (C=O) groups excluding carboxylic acids is 1. The molecule has 3 atom stereocenters. The summed E-state index contributed by atoms with van der Waals surface area (Å²) in [4.78, 5) is 15.1. The summed E-state index contributed by atoms with van der Waals surface area (Å²) in [5.74, 6) is 1.54. The average molecular weight is 294 g/mol. The molecule has 1 amide bonds. The Kier molecular flexibility index (Phi) is 5.02. The van der Waals surface area contributed by atoms with Crippen LogP contribution in [0.25, 0.3) is 0 Å². The van der Waals surface area contributed by atoms with E-state index in [9.17, 15) is 4.79 Å². The average Bonchev–Trinajstić information content (AvgIpc) is 2.79. The second-order valence-electron chi connectivity index (χ2n) is 8.80. The topological polar surface area (TPSA) is 32.3 Å². The van der Waals surface area contributed by atoms with Crippen molar-refractivity contribution < 1.29 is 4.79 Å². The van der Waals surface area contributed by atoms with E-state index in [1.807, 2.05) is 0 Å². The van der Waals surface area contributed by atoms with E-state index < -0.39 is 0 Å². The molecule has 1 saturated heterocycles. The Morgan fingerprint density at radius 2 is 1.81 bits per heavy atom. The van der Waals surface area contributed by atoms with Gasteiger partial charge in [-0.2, -0.15) is 0 Å². The molecule has 2 fully saturated rings. The number of nitrogens with zero attached hydrogens (tertiary/aromatic N) is 1. The van der Waals surface area contributed by atoms with Crippen LogP contribution in [0.15, 0.2) is 0 Å². The van der Waals surface area contributed by atoms with Crippen molar-refractivity contribution in [3.8, 4) is 0 Å². The lowest BCUT2D eigenvalue weighted by Crippen LogP contribution is -2.44. The van der Waals surface area contributed by atoms with Crippen LogP contribution in [0, 0.1) is 17.3 Å². The van der Waals surface area contributed by atoms with E-state index in [1.165, 1.54) is 12.8 Å². The summed E-state index contributed by atoms with van der Waals surface area (Å²) in [6.45, 7) is 13.6. The molecular weight excluding hydrogens is 260 g/mol. The highest BCUT2D eigenvalue weighted by Crippen LogP contribution is 2.41. The molecule has 0 aromatic carbocycles. The van der Waals surface area contributed by atoms with Crippen LogP contribution in [0.1, 0.15) is 73.6 Å². The van der Waals surface area contributed by atoms with Crippen molar-refractivity contribution in [1.29, 1.82) is 0 Å². The molecule has 0 aromatic heterocycles. The Bertz CT molecular complexity index is 375. The van der Waals surface area contributed by atoms with Gasteiger partial charge in [0.25, 0.3) is 0 Å². The summed E-state index contributed by atoms with van der Waals surface area (Å²) in [6, 6.07) is 0.485. The summed E-state index contributed by atoms with van der Waals surface area (Å²) in [6.07, 6.45) is 5.84. The molecule has 0 spiro atoms. The van der Waals surface area contributed by atoms with Gasteiger partial charge in [-0.3, -0.25) is 10.1 Å². The predicted octanol–water partition coefficient (Wildman–Crippen LogP) is 3.78. The zero-order chi connectivity index (χ0) is 15.8. The van der Waals surface area contributed by atoms with Crippen molar-refractivity contribution in [3.63, 3.8) is 0 Å². The van der Waals surface area contributed by atoms with Gasteiger partial charge >= 0.3 is 0 Å². The minimum absolute atomic E-state index is 0.0393. The fourth-order valence-electron chi connectivity index (χ4n) is 4.06. The first kappa shape index (κ1) is 16.8. The molecule has 3 unspecified atom stereocenters. The van der Waals surface area contributed by atoms with Crippen LogP contribution in [0.2, 0.25) is 0 Å². The van der Waals surface area contributed by atoms with Crippen LogP contribution in [-0.2, 0) is 4.79 Å². The van der Waals surface area contributed by atoms with Crippen LogP contribution in [0.3, 0.4) is 0 Å². The van der Waals surface area contributed by atoms with E-state index in [4.69, 9.17) is 0 Å². The highest BCUT2D eigenvalue weighted by Gasteiger charge is 2.45. The third-order valence-electron chi connectivity index (χ3n) is 5.02. The first-order chi connectivity index (χ1) is 9.69. The molecular formula is C18H34N2O. The van der Waals surface area contributed by atoms with E-state index in [1.54, 1.807) is 0 Å². The van der Waals surface area contributed by atoms with Crippen LogP contribution in [-0.4, -0.2) is 29.1 Å². The van der Waals surface area contributed by atoms with Crippen molar-refractivity contribution in [1.82, 2.24) is 10.2 Å². The molecule has 1 saturated carbocycles. The minimum atomic E-state index is 0.0393. The molecule has 1 aliphatic heterocycles. The third-order valence-corrected chi connectivity index (χ3v) is 5.02. The summed E-state index contributed by atoms with van der Waals surface area (Å²) in [5, 5.41) is 3.63. The zero-order valence-corrected chi connectivity index (χ0v) is 14.8. The summed E-state index contributed by atoms with van der Waals surface area (Å²) < 4.78 is 0. The van der Waals surface area contributed by atoms with Gasteiger partial charge in [-0.1, -0.05) is 41.5 Å². The minimum Gasteiger partial charge on any atom is -0.323 e. The van der Waals surface area contributed by atoms with E-state index in [-0.39, 0.29) is 12.2 Å². The normalized spacial score (nSPS) is 32.7. The maximum absolute atomic E-state index is 12.9. The van der Waals surface area contributed by atoms with Gasteiger partial charge in [0.1, 0.15) is 0 Å². The Morgan fingerprint density at radius 3 is 2.29 bits per heavy atom. The monoisotopic (exact) mass is 294 g/mol. The fraction of sp³-hybridized carbons (Fsp3) is 0.944. The lowest BCUT2D eigenvalue weighted by Gasteiger charge is -2.32. The van der Waals surface area contributed by atoms with Gasteiger partial charge in [0.2, 0.25) is 5.91 Å². The molecule has 1 aliphatic carbocycles. The third kappa shape index (κ3) is 4.00. The summed E-state index contributed by atoms with van der Waals surface area (Å²) >= 11 is 0. The van der Waals surface area contributed by atoms with Crippen molar-refractivity contribution >= 4 is 5.91 Å². The van der Waals surface area contributed by atoms with Gasteiger partial charge in [0.15, 0.2) is 0 Å². The number of hydrogen-bond acceptors (Lipinski definition) is 2. The van der Waals surface area contributed by atoms with Crippen LogP contribution in [0.5, 0.6) is 0 Å².